The van der Waals surface area contributed by atoms with Gasteiger partial charge in [-0.25, -0.2) is 0 Å². The highest BCUT2D eigenvalue weighted by Crippen LogP contribution is 2.34. The Labute approximate surface area is 123 Å². The van der Waals surface area contributed by atoms with Gasteiger partial charge in [0.2, 0.25) is 0 Å². The minimum atomic E-state index is -0.909. The van der Waals surface area contributed by atoms with Crippen molar-refractivity contribution in [1.29, 1.82) is 0 Å². The summed E-state index contributed by atoms with van der Waals surface area (Å²) in [6, 6.07) is 7.67. The van der Waals surface area contributed by atoms with Crippen LogP contribution in [0.1, 0.15) is 32.3 Å². The molecule has 0 spiro atoms. The number of carbonyl (C=O) groups excluding carboxylic acids is 3. The Morgan fingerprint density at radius 1 is 0.952 bits per heavy atom. The Morgan fingerprint density at radius 3 is 2.05 bits per heavy atom. The molecule has 0 radical (unpaired) electrons. The van der Waals surface area contributed by atoms with Gasteiger partial charge in [-0.2, -0.15) is 0 Å². The molecule has 1 unspecified atom stereocenters. The van der Waals surface area contributed by atoms with Crippen molar-refractivity contribution in [2.75, 3.05) is 0 Å². The third kappa shape index (κ3) is 2.66. The predicted octanol–water partition coefficient (Wildman–Crippen LogP) is 2.65. The quantitative estimate of drug-likeness (QED) is 0.794. The van der Waals surface area contributed by atoms with Crippen molar-refractivity contribution >= 4 is 28.3 Å². The summed E-state index contributed by atoms with van der Waals surface area (Å²) in [5, 5.41) is 0.910. The molecule has 0 N–H and O–H groups in total. The van der Waals surface area contributed by atoms with E-state index in [0.717, 1.165) is 16.5 Å². The van der Waals surface area contributed by atoms with Crippen molar-refractivity contribution in [3.05, 3.63) is 36.0 Å². The molecule has 4 nitrogen and oxygen atoms in total. The highest BCUT2D eigenvalue weighted by atomic mass is 16.2. The SMILES string of the molecule is CC(=O)C(C(C)=O)C(C(C)=O)c1cn(C)c2ccccc12. The molecule has 0 bridgehead atoms. The summed E-state index contributed by atoms with van der Waals surface area (Å²) in [5.41, 5.74) is 1.72. The molecular formula is C17H19NO3. The first kappa shape index (κ1) is 15.2. The number of aromatic nitrogens is 1. The molecule has 110 valence electrons. The molecule has 21 heavy (non-hydrogen) atoms. The van der Waals surface area contributed by atoms with E-state index >= 15 is 0 Å². The molecule has 1 aromatic carbocycles. The van der Waals surface area contributed by atoms with Crippen molar-refractivity contribution in [1.82, 2.24) is 4.57 Å². The highest BCUT2D eigenvalue weighted by Gasteiger charge is 2.35. The Hall–Kier alpha value is -2.23. The van der Waals surface area contributed by atoms with Gasteiger partial charge >= 0.3 is 0 Å². The number of aryl methyl sites for hydroxylation is 1. The molecule has 0 fully saturated rings. The molecule has 1 atom stereocenters. The predicted molar refractivity (Wildman–Crippen MR) is 81.2 cm³/mol. The van der Waals surface area contributed by atoms with Crippen molar-refractivity contribution in [3.63, 3.8) is 0 Å². The summed E-state index contributed by atoms with van der Waals surface area (Å²) in [4.78, 5) is 35.9. The summed E-state index contributed by atoms with van der Waals surface area (Å²) < 4.78 is 1.91. The van der Waals surface area contributed by atoms with Gasteiger partial charge in [0.15, 0.2) is 0 Å². The van der Waals surface area contributed by atoms with Crippen LogP contribution in [0.4, 0.5) is 0 Å². The normalized spacial score (nSPS) is 12.6. The molecule has 0 saturated carbocycles. The van der Waals surface area contributed by atoms with E-state index in [0.29, 0.717) is 0 Å². The van der Waals surface area contributed by atoms with E-state index in [1.807, 2.05) is 42.1 Å². The van der Waals surface area contributed by atoms with Crippen LogP contribution in [-0.4, -0.2) is 21.9 Å². The summed E-state index contributed by atoms with van der Waals surface area (Å²) >= 11 is 0. The Kier molecular flexibility index (Phi) is 4.07. The van der Waals surface area contributed by atoms with Crippen LogP contribution in [0.25, 0.3) is 10.9 Å². The van der Waals surface area contributed by atoms with Gasteiger partial charge in [-0.15, -0.1) is 0 Å². The maximum Gasteiger partial charge on any atom is 0.141 e. The first-order valence-corrected chi connectivity index (χ1v) is 6.90. The topological polar surface area (TPSA) is 56.1 Å². The van der Waals surface area contributed by atoms with Gasteiger partial charge in [0, 0.05) is 24.1 Å². The molecule has 0 aliphatic rings. The molecule has 1 aromatic heterocycles. The molecule has 2 rings (SSSR count). The highest BCUT2D eigenvalue weighted by molar-refractivity contribution is 6.07. The van der Waals surface area contributed by atoms with Crippen LogP contribution in [0.2, 0.25) is 0 Å². The second-order valence-electron chi connectivity index (χ2n) is 5.50. The number of fused-ring (bicyclic) bond motifs is 1. The van der Waals surface area contributed by atoms with Crippen molar-refractivity contribution in [2.45, 2.75) is 26.7 Å². The first-order valence-electron chi connectivity index (χ1n) is 6.90. The van der Waals surface area contributed by atoms with Crippen LogP contribution in [0, 0.1) is 5.92 Å². The largest absolute Gasteiger partial charge is 0.350 e. The zero-order chi connectivity index (χ0) is 15.7. The van der Waals surface area contributed by atoms with Gasteiger partial charge in [0.1, 0.15) is 17.3 Å². The van der Waals surface area contributed by atoms with E-state index in [-0.39, 0.29) is 17.3 Å². The fourth-order valence-corrected chi connectivity index (χ4v) is 3.01. The van der Waals surface area contributed by atoms with Gasteiger partial charge in [-0.3, -0.25) is 14.4 Å². The monoisotopic (exact) mass is 285 g/mol. The fraction of sp³-hybridized carbons (Fsp3) is 0.353. The molecule has 2 aromatic rings. The third-order valence-electron chi connectivity index (χ3n) is 3.91. The van der Waals surface area contributed by atoms with Crippen molar-refractivity contribution in [2.24, 2.45) is 13.0 Å². The summed E-state index contributed by atoms with van der Waals surface area (Å²) in [6.07, 6.45) is 1.84. The number of para-hydroxylation sites is 1. The number of rotatable bonds is 5. The Balaban J connectivity index is 2.69. The van der Waals surface area contributed by atoms with E-state index < -0.39 is 11.8 Å². The van der Waals surface area contributed by atoms with E-state index in [1.165, 1.54) is 20.8 Å². The lowest BCUT2D eigenvalue weighted by atomic mass is 9.79. The van der Waals surface area contributed by atoms with E-state index in [9.17, 15) is 14.4 Å². The standard InChI is InChI=1S/C17H19NO3/c1-10(19)16(11(2)20)17(12(3)21)14-9-18(4)15-8-6-5-7-13(14)15/h5-9,16-17H,1-4H3. The average molecular weight is 285 g/mol. The minimum absolute atomic E-state index is 0.165. The van der Waals surface area contributed by atoms with Crippen molar-refractivity contribution < 1.29 is 14.4 Å². The minimum Gasteiger partial charge on any atom is -0.350 e. The smallest absolute Gasteiger partial charge is 0.141 e. The van der Waals surface area contributed by atoms with Crippen LogP contribution in [-0.2, 0) is 21.4 Å². The van der Waals surface area contributed by atoms with E-state index in [2.05, 4.69) is 0 Å². The number of carbonyl (C=O) groups is 3. The molecule has 0 aliphatic heterocycles. The van der Waals surface area contributed by atoms with Gasteiger partial charge in [-0.05, 0) is 32.4 Å². The molecule has 1 heterocycles. The number of nitrogens with zero attached hydrogens (tertiary/aromatic N) is 1. The summed E-state index contributed by atoms with van der Waals surface area (Å²) in [7, 11) is 1.89. The lowest BCUT2D eigenvalue weighted by Gasteiger charge is -2.20. The van der Waals surface area contributed by atoms with Gasteiger partial charge in [0.25, 0.3) is 0 Å². The molecule has 0 aliphatic carbocycles. The number of Topliss-reactive ketones (excluding diaryl/α,β-unsaturated/α-hetero) is 3. The summed E-state index contributed by atoms with van der Waals surface area (Å²) in [5.74, 6) is -2.33. The number of hydrogen-bond acceptors (Lipinski definition) is 3. The number of hydrogen-bond donors (Lipinski definition) is 0. The molecule has 0 saturated heterocycles. The fourth-order valence-electron chi connectivity index (χ4n) is 3.01. The zero-order valence-corrected chi connectivity index (χ0v) is 12.7. The summed E-state index contributed by atoms with van der Waals surface area (Å²) in [6.45, 7) is 4.17. The second kappa shape index (κ2) is 5.64. The number of ketones is 3. The lowest BCUT2D eigenvalue weighted by molar-refractivity contribution is -0.135. The van der Waals surface area contributed by atoms with Crippen LogP contribution in [0.15, 0.2) is 30.5 Å². The van der Waals surface area contributed by atoms with Crippen LogP contribution in [0.5, 0.6) is 0 Å². The van der Waals surface area contributed by atoms with Crippen LogP contribution >= 0.6 is 0 Å². The van der Waals surface area contributed by atoms with Gasteiger partial charge < -0.3 is 4.57 Å². The lowest BCUT2D eigenvalue weighted by Crippen LogP contribution is -2.31. The zero-order valence-electron chi connectivity index (χ0n) is 12.7. The van der Waals surface area contributed by atoms with Gasteiger partial charge in [-0.1, -0.05) is 18.2 Å². The number of benzene rings is 1. The molecule has 4 heteroatoms. The Bertz CT molecular complexity index is 713. The third-order valence-corrected chi connectivity index (χ3v) is 3.91. The van der Waals surface area contributed by atoms with E-state index in [1.54, 1.807) is 0 Å². The second-order valence-corrected chi connectivity index (χ2v) is 5.50. The van der Waals surface area contributed by atoms with Crippen LogP contribution < -0.4 is 0 Å². The molecular weight excluding hydrogens is 266 g/mol. The Morgan fingerprint density at radius 2 is 1.52 bits per heavy atom. The van der Waals surface area contributed by atoms with Gasteiger partial charge in [0.05, 0.1) is 11.8 Å². The van der Waals surface area contributed by atoms with E-state index in [4.69, 9.17) is 0 Å². The van der Waals surface area contributed by atoms with Crippen LogP contribution in [0.3, 0.4) is 0 Å². The first-order chi connectivity index (χ1) is 9.84. The van der Waals surface area contributed by atoms with Crippen molar-refractivity contribution in [3.8, 4) is 0 Å². The maximum atomic E-state index is 12.1. The molecule has 0 amide bonds. The maximum absolute atomic E-state index is 12.1. The average Bonchev–Trinajstić information content (AvgIpc) is 2.72.